The third-order valence-corrected chi connectivity index (χ3v) is 11.2. The number of rotatable bonds is 10. The molecule has 0 bridgehead atoms. The van der Waals surface area contributed by atoms with Crippen LogP contribution >= 0.6 is 47.8 Å². The Hall–Kier alpha value is -5.09. The lowest BCUT2D eigenvalue weighted by Gasteiger charge is -2.11. The predicted octanol–water partition coefficient (Wildman–Crippen LogP) is 14.6. The molecular weight excluding hydrogens is 912 g/mol. The number of para-hydroxylation sites is 1. The van der Waals surface area contributed by atoms with Gasteiger partial charge < -0.3 is 5.73 Å². The molecule has 294 valence electrons. The summed E-state index contributed by atoms with van der Waals surface area (Å²) >= 11 is 10.3. The molecule has 0 aliphatic heterocycles. The minimum atomic E-state index is 0.104. The van der Waals surface area contributed by atoms with Crippen LogP contribution in [0.4, 0.5) is 5.69 Å². The molecule has 6 nitrogen and oxygen atoms in total. The van der Waals surface area contributed by atoms with Crippen LogP contribution in [0.15, 0.2) is 170 Å². The van der Waals surface area contributed by atoms with Gasteiger partial charge in [-0.3, -0.25) is 10.4 Å². The minimum absolute atomic E-state index is 0.104. The van der Waals surface area contributed by atoms with Crippen molar-refractivity contribution in [1.29, 1.82) is 5.41 Å². The molecule has 1 aromatic heterocycles. The zero-order valence-electron chi connectivity index (χ0n) is 33.1. The molecule has 0 spiro atoms. The van der Waals surface area contributed by atoms with Crippen LogP contribution in [-0.4, -0.2) is 27.0 Å². The Balaban J connectivity index is 0.000000192. The Morgan fingerprint density at radius 3 is 1.29 bits per heavy atom. The van der Waals surface area contributed by atoms with Gasteiger partial charge >= 0.3 is 0 Å². The molecule has 0 aliphatic rings. The standard InChI is InChI=1S/C25H21Br2N3.C17H19N.C7H7BrN2/c1-3-16(2)17-4-6-18(7-5-17)23-28-24(19-8-12-21(26)13-9-19)30-25(29-23)20-10-14-22(27)15-11-20;1-3-14(2)16-11-9-15(10-12-16)13-18-17-7-5-4-6-8-17;8-6-3-1-5(2-4-6)7(9)10/h4-16H,3H2,1-2H3;4-14H,3H2,1-2H3;1-4H,(H3,9,10). The second kappa shape index (κ2) is 22.2. The van der Waals surface area contributed by atoms with Crippen LogP contribution in [0.2, 0.25) is 0 Å². The summed E-state index contributed by atoms with van der Waals surface area (Å²) in [5, 5.41) is 7.07. The molecular formula is C49H47Br3N6. The number of hydrogen-bond acceptors (Lipinski definition) is 5. The van der Waals surface area contributed by atoms with E-state index < -0.39 is 0 Å². The molecule has 3 N–H and O–H groups in total. The number of hydrogen-bond donors (Lipinski definition) is 2. The summed E-state index contributed by atoms with van der Waals surface area (Å²) < 4.78 is 3.04. The van der Waals surface area contributed by atoms with Crippen LogP contribution in [0.1, 0.15) is 74.6 Å². The zero-order chi connectivity index (χ0) is 41.4. The number of aliphatic imine (C=N–C) groups is 1. The second-order valence-corrected chi connectivity index (χ2v) is 16.5. The highest BCUT2D eigenvalue weighted by Gasteiger charge is 2.13. The van der Waals surface area contributed by atoms with Crippen molar-refractivity contribution in [2.24, 2.45) is 10.7 Å². The monoisotopic (exact) mass is 956 g/mol. The number of nitrogen functional groups attached to an aromatic ring is 1. The van der Waals surface area contributed by atoms with Crippen LogP contribution in [0.5, 0.6) is 0 Å². The summed E-state index contributed by atoms with van der Waals surface area (Å²) in [6.07, 6.45) is 4.21. The SMILES string of the molecule is CCC(C)c1ccc(-c2nc(-c3ccc(Br)cc3)nc(-c3ccc(Br)cc3)n2)cc1.CCC(C)c1ccc(C=Nc2ccccc2)cc1.N=C(N)c1ccc(Br)cc1. The quantitative estimate of drug-likeness (QED) is 0.105. The van der Waals surface area contributed by atoms with Crippen LogP contribution < -0.4 is 5.73 Å². The lowest BCUT2D eigenvalue weighted by atomic mass is 9.97. The molecule has 7 rings (SSSR count). The summed E-state index contributed by atoms with van der Waals surface area (Å²) in [7, 11) is 0. The number of nitrogens with two attached hydrogens (primary N) is 1. The van der Waals surface area contributed by atoms with Gasteiger partial charge in [-0.15, -0.1) is 0 Å². The Bertz CT molecular complexity index is 2300. The molecule has 0 radical (unpaired) electrons. The maximum Gasteiger partial charge on any atom is 0.164 e. The predicted molar refractivity (Wildman–Crippen MR) is 254 cm³/mol. The Morgan fingerprint density at radius 1 is 0.552 bits per heavy atom. The van der Waals surface area contributed by atoms with Crippen LogP contribution in [0, 0.1) is 5.41 Å². The van der Waals surface area contributed by atoms with Gasteiger partial charge in [-0.25, -0.2) is 15.0 Å². The van der Waals surface area contributed by atoms with Gasteiger partial charge in [-0.2, -0.15) is 0 Å². The fourth-order valence-corrected chi connectivity index (χ4v) is 6.39. The van der Waals surface area contributed by atoms with Crippen molar-refractivity contribution in [2.75, 3.05) is 0 Å². The van der Waals surface area contributed by atoms with Crippen molar-refractivity contribution < 1.29 is 0 Å². The van der Waals surface area contributed by atoms with Gasteiger partial charge in [-0.05, 0) is 89.9 Å². The molecule has 58 heavy (non-hydrogen) atoms. The van der Waals surface area contributed by atoms with E-state index in [0.29, 0.717) is 29.3 Å². The number of halogens is 3. The first kappa shape index (κ1) is 44.0. The number of benzene rings is 6. The van der Waals surface area contributed by atoms with Gasteiger partial charge in [-0.1, -0.05) is 179 Å². The molecule has 2 unspecified atom stereocenters. The van der Waals surface area contributed by atoms with E-state index in [1.807, 2.05) is 97.2 Å². The fourth-order valence-electron chi connectivity index (χ4n) is 5.60. The minimum Gasteiger partial charge on any atom is -0.384 e. The summed E-state index contributed by atoms with van der Waals surface area (Å²) in [6.45, 7) is 8.93. The Kier molecular flexibility index (Phi) is 16.8. The van der Waals surface area contributed by atoms with Crippen molar-refractivity contribution in [1.82, 2.24) is 15.0 Å². The largest absolute Gasteiger partial charge is 0.384 e. The molecule has 0 saturated carbocycles. The first-order valence-corrected chi connectivity index (χ1v) is 21.6. The first-order chi connectivity index (χ1) is 28.0. The molecule has 9 heteroatoms. The Labute approximate surface area is 368 Å². The maximum atomic E-state index is 7.07. The average Bonchev–Trinajstić information content (AvgIpc) is 3.26. The average molecular weight is 960 g/mol. The van der Waals surface area contributed by atoms with Gasteiger partial charge in [0.25, 0.3) is 0 Å². The third kappa shape index (κ3) is 13.2. The Morgan fingerprint density at radius 2 is 0.914 bits per heavy atom. The maximum absolute atomic E-state index is 7.07. The molecule has 0 aliphatic carbocycles. The molecule has 0 saturated heterocycles. The van der Waals surface area contributed by atoms with E-state index in [1.165, 1.54) is 17.5 Å². The van der Waals surface area contributed by atoms with Crippen LogP contribution in [0.3, 0.4) is 0 Å². The first-order valence-electron chi connectivity index (χ1n) is 19.2. The van der Waals surface area contributed by atoms with E-state index in [-0.39, 0.29) is 5.84 Å². The van der Waals surface area contributed by atoms with E-state index in [1.54, 1.807) is 12.1 Å². The van der Waals surface area contributed by atoms with Crippen molar-refractivity contribution in [2.45, 2.75) is 52.4 Å². The van der Waals surface area contributed by atoms with Crippen molar-refractivity contribution in [3.63, 3.8) is 0 Å². The second-order valence-electron chi connectivity index (χ2n) is 13.7. The van der Waals surface area contributed by atoms with E-state index in [0.717, 1.165) is 53.3 Å². The summed E-state index contributed by atoms with van der Waals surface area (Å²) in [4.78, 5) is 18.8. The highest BCUT2D eigenvalue weighted by Crippen LogP contribution is 2.28. The lowest BCUT2D eigenvalue weighted by Crippen LogP contribution is -2.10. The zero-order valence-corrected chi connectivity index (χ0v) is 37.8. The van der Waals surface area contributed by atoms with Crippen LogP contribution in [-0.2, 0) is 0 Å². The van der Waals surface area contributed by atoms with Crippen molar-refractivity contribution in [3.05, 3.63) is 187 Å². The van der Waals surface area contributed by atoms with Crippen molar-refractivity contribution in [3.8, 4) is 34.2 Å². The molecule has 0 fully saturated rings. The van der Waals surface area contributed by atoms with E-state index in [4.69, 9.17) is 26.1 Å². The highest BCUT2D eigenvalue weighted by atomic mass is 79.9. The highest BCUT2D eigenvalue weighted by molar-refractivity contribution is 9.11. The molecule has 0 amide bonds. The fraction of sp³-hybridized carbons (Fsp3) is 0.163. The number of amidine groups is 1. The number of aromatic nitrogens is 3. The summed E-state index contributed by atoms with van der Waals surface area (Å²) in [5.74, 6) is 3.27. The number of nitrogens with one attached hydrogen (secondary N) is 1. The topological polar surface area (TPSA) is 101 Å². The number of nitrogens with zero attached hydrogens (tertiary/aromatic N) is 4. The molecule has 6 aromatic carbocycles. The van der Waals surface area contributed by atoms with Crippen molar-refractivity contribution >= 4 is 65.5 Å². The third-order valence-electron chi connectivity index (χ3n) is 9.58. The van der Waals surface area contributed by atoms with E-state index >= 15 is 0 Å². The van der Waals surface area contributed by atoms with Gasteiger partial charge in [0.2, 0.25) is 0 Å². The van der Waals surface area contributed by atoms with Gasteiger partial charge in [0.15, 0.2) is 17.5 Å². The van der Waals surface area contributed by atoms with Gasteiger partial charge in [0.1, 0.15) is 5.84 Å². The van der Waals surface area contributed by atoms with Gasteiger partial charge in [0.05, 0.1) is 5.69 Å². The van der Waals surface area contributed by atoms with E-state index in [2.05, 4.69) is 129 Å². The van der Waals surface area contributed by atoms with E-state index in [9.17, 15) is 0 Å². The summed E-state index contributed by atoms with van der Waals surface area (Å²) in [6, 6.07) is 50.6. The summed E-state index contributed by atoms with van der Waals surface area (Å²) in [5.41, 5.74) is 13.7. The normalized spacial score (nSPS) is 11.8. The molecule has 7 aromatic rings. The molecule has 2 atom stereocenters. The lowest BCUT2D eigenvalue weighted by molar-refractivity contribution is 0.733. The smallest absolute Gasteiger partial charge is 0.164 e. The van der Waals surface area contributed by atoms with Crippen LogP contribution in [0.25, 0.3) is 34.2 Å². The molecule has 1 heterocycles. The van der Waals surface area contributed by atoms with Gasteiger partial charge in [0, 0.05) is 41.9 Å².